The van der Waals surface area contributed by atoms with Crippen molar-refractivity contribution in [1.29, 1.82) is 0 Å². The molecule has 4 heteroatoms. The topological polar surface area (TPSA) is 46.3 Å². The molecule has 1 aromatic heterocycles. The lowest BCUT2D eigenvalue weighted by Gasteiger charge is -2.02. The maximum atomic E-state index is 9.07. The Morgan fingerprint density at radius 3 is 2.87 bits per heavy atom. The number of aliphatic hydroxyl groups excluding tert-OH is 1. The predicted octanol–water partition coefficient (Wildman–Crippen LogP) is 2.90. The quantitative estimate of drug-likeness (QED) is 0.910. The predicted molar refractivity (Wildman–Crippen MR) is 60.3 cm³/mol. The summed E-state index contributed by atoms with van der Waals surface area (Å²) in [5, 5.41) is 9.07. The summed E-state index contributed by atoms with van der Waals surface area (Å²) < 4.78 is 6.24. The van der Waals surface area contributed by atoms with Gasteiger partial charge in [-0.2, -0.15) is 0 Å². The van der Waals surface area contributed by atoms with E-state index in [1.165, 1.54) is 6.39 Å². The molecule has 1 aromatic carbocycles. The van der Waals surface area contributed by atoms with Crippen molar-refractivity contribution in [1.82, 2.24) is 4.98 Å². The number of hydrogen-bond acceptors (Lipinski definition) is 3. The van der Waals surface area contributed by atoms with E-state index in [4.69, 9.17) is 9.52 Å². The summed E-state index contributed by atoms with van der Waals surface area (Å²) in [6.45, 7) is 1.89. The molecule has 0 saturated heterocycles. The molecule has 0 radical (unpaired) electrons. The van der Waals surface area contributed by atoms with Crippen molar-refractivity contribution in [3.8, 4) is 11.3 Å². The fourth-order valence-electron chi connectivity index (χ4n) is 1.48. The first kappa shape index (κ1) is 10.4. The average molecular weight is 268 g/mol. The molecule has 0 amide bonds. The molecule has 0 bridgehead atoms. The van der Waals surface area contributed by atoms with Crippen LogP contribution in [0.15, 0.2) is 33.5 Å². The second-order valence-electron chi connectivity index (χ2n) is 3.30. The number of benzene rings is 1. The molecule has 0 atom stereocenters. The Morgan fingerprint density at radius 2 is 2.20 bits per heavy atom. The average Bonchev–Trinajstić information content (AvgIpc) is 2.63. The van der Waals surface area contributed by atoms with E-state index in [1.54, 1.807) is 0 Å². The summed E-state index contributed by atoms with van der Waals surface area (Å²) in [5.41, 5.74) is 2.61. The Morgan fingerprint density at radius 1 is 1.40 bits per heavy atom. The number of hydrogen-bond donors (Lipinski definition) is 1. The molecule has 0 saturated carbocycles. The van der Waals surface area contributed by atoms with Crippen LogP contribution in [0.4, 0.5) is 0 Å². The van der Waals surface area contributed by atoms with Gasteiger partial charge in [0.05, 0.1) is 6.61 Å². The van der Waals surface area contributed by atoms with Crippen LogP contribution >= 0.6 is 15.9 Å². The third-order valence-electron chi connectivity index (χ3n) is 2.10. The van der Waals surface area contributed by atoms with Crippen molar-refractivity contribution in [3.63, 3.8) is 0 Å². The Hall–Kier alpha value is -1.13. The van der Waals surface area contributed by atoms with Gasteiger partial charge in [-0.15, -0.1) is 0 Å². The second-order valence-corrected chi connectivity index (χ2v) is 4.22. The summed E-state index contributed by atoms with van der Waals surface area (Å²) in [5.74, 6) is 0.627. The molecule has 2 rings (SSSR count). The van der Waals surface area contributed by atoms with Crippen LogP contribution in [0.2, 0.25) is 0 Å². The van der Waals surface area contributed by atoms with E-state index < -0.39 is 0 Å². The summed E-state index contributed by atoms with van der Waals surface area (Å²) in [7, 11) is 0. The highest BCUT2D eigenvalue weighted by Crippen LogP contribution is 2.27. The number of rotatable bonds is 2. The van der Waals surface area contributed by atoms with Gasteiger partial charge in [0.25, 0.3) is 0 Å². The van der Waals surface area contributed by atoms with Crippen LogP contribution in [0.1, 0.15) is 11.3 Å². The molecule has 15 heavy (non-hydrogen) atoms. The first-order chi connectivity index (χ1) is 7.20. The number of halogens is 1. The van der Waals surface area contributed by atoms with Gasteiger partial charge < -0.3 is 9.52 Å². The lowest BCUT2D eigenvalue weighted by Crippen LogP contribution is -1.87. The van der Waals surface area contributed by atoms with Crippen LogP contribution in [0.5, 0.6) is 0 Å². The van der Waals surface area contributed by atoms with Crippen molar-refractivity contribution < 1.29 is 9.52 Å². The first-order valence-electron chi connectivity index (χ1n) is 4.51. The van der Waals surface area contributed by atoms with E-state index in [1.807, 2.05) is 25.1 Å². The van der Waals surface area contributed by atoms with E-state index in [-0.39, 0.29) is 6.61 Å². The van der Waals surface area contributed by atoms with Crippen LogP contribution < -0.4 is 0 Å². The standard InChI is InChI=1S/C11H10BrNO2/c1-7-2-8(4-9(12)3-7)11-10(5-14)13-6-15-11/h2-4,6,14H,5H2,1H3. The Kier molecular flexibility index (Phi) is 2.88. The lowest BCUT2D eigenvalue weighted by molar-refractivity contribution is 0.277. The highest BCUT2D eigenvalue weighted by molar-refractivity contribution is 9.10. The molecular weight excluding hydrogens is 258 g/mol. The summed E-state index contributed by atoms with van der Waals surface area (Å²) >= 11 is 3.42. The number of oxazole rings is 1. The van der Waals surface area contributed by atoms with Gasteiger partial charge in [-0.3, -0.25) is 0 Å². The van der Waals surface area contributed by atoms with Crippen LogP contribution in [-0.2, 0) is 6.61 Å². The molecule has 0 unspecified atom stereocenters. The third-order valence-corrected chi connectivity index (χ3v) is 2.55. The van der Waals surface area contributed by atoms with Gasteiger partial charge >= 0.3 is 0 Å². The van der Waals surface area contributed by atoms with Crippen molar-refractivity contribution in [2.45, 2.75) is 13.5 Å². The molecule has 1 N–H and O–H groups in total. The molecule has 0 spiro atoms. The second kappa shape index (κ2) is 4.16. The van der Waals surface area contributed by atoms with Gasteiger partial charge in [-0.1, -0.05) is 15.9 Å². The fourth-order valence-corrected chi connectivity index (χ4v) is 2.09. The zero-order valence-electron chi connectivity index (χ0n) is 8.20. The molecule has 2 aromatic rings. The first-order valence-corrected chi connectivity index (χ1v) is 5.31. The number of aryl methyl sites for hydroxylation is 1. The van der Waals surface area contributed by atoms with Gasteiger partial charge in [0.2, 0.25) is 0 Å². The highest BCUT2D eigenvalue weighted by atomic mass is 79.9. The number of aromatic nitrogens is 1. The Labute approximate surface area is 95.9 Å². The zero-order chi connectivity index (χ0) is 10.8. The van der Waals surface area contributed by atoms with E-state index in [0.717, 1.165) is 15.6 Å². The molecule has 1 heterocycles. The molecular formula is C11H10BrNO2. The molecule has 0 aliphatic rings. The van der Waals surface area contributed by atoms with Crippen molar-refractivity contribution in [3.05, 3.63) is 40.3 Å². The largest absolute Gasteiger partial charge is 0.443 e. The smallest absolute Gasteiger partial charge is 0.181 e. The summed E-state index contributed by atoms with van der Waals surface area (Å²) in [6, 6.07) is 5.94. The van der Waals surface area contributed by atoms with E-state index in [0.29, 0.717) is 11.5 Å². The fraction of sp³-hybridized carbons (Fsp3) is 0.182. The van der Waals surface area contributed by atoms with Gasteiger partial charge in [0.1, 0.15) is 5.69 Å². The molecule has 0 aliphatic heterocycles. The lowest BCUT2D eigenvalue weighted by atomic mass is 10.1. The molecule has 0 aliphatic carbocycles. The van der Waals surface area contributed by atoms with E-state index in [9.17, 15) is 0 Å². The van der Waals surface area contributed by atoms with Crippen LogP contribution in [0.3, 0.4) is 0 Å². The minimum Gasteiger partial charge on any atom is -0.443 e. The third kappa shape index (κ3) is 2.11. The van der Waals surface area contributed by atoms with Crippen molar-refractivity contribution in [2.24, 2.45) is 0 Å². The van der Waals surface area contributed by atoms with Crippen LogP contribution in [-0.4, -0.2) is 10.1 Å². The molecule has 3 nitrogen and oxygen atoms in total. The highest BCUT2D eigenvalue weighted by Gasteiger charge is 2.10. The Balaban J connectivity index is 2.53. The van der Waals surface area contributed by atoms with Gasteiger partial charge in [-0.05, 0) is 30.7 Å². The number of nitrogens with zero attached hydrogens (tertiary/aromatic N) is 1. The minimum absolute atomic E-state index is 0.114. The molecule has 0 fully saturated rings. The zero-order valence-corrected chi connectivity index (χ0v) is 9.78. The van der Waals surface area contributed by atoms with Crippen LogP contribution in [0.25, 0.3) is 11.3 Å². The minimum atomic E-state index is -0.114. The van der Waals surface area contributed by atoms with Gasteiger partial charge in [0.15, 0.2) is 12.2 Å². The van der Waals surface area contributed by atoms with Crippen molar-refractivity contribution in [2.75, 3.05) is 0 Å². The Bertz CT molecular complexity index is 459. The number of aliphatic hydroxyl groups is 1. The molecule has 78 valence electrons. The van der Waals surface area contributed by atoms with E-state index in [2.05, 4.69) is 20.9 Å². The van der Waals surface area contributed by atoms with Crippen molar-refractivity contribution >= 4 is 15.9 Å². The van der Waals surface area contributed by atoms with E-state index >= 15 is 0 Å². The normalized spacial score (nSPS) is 10.6. The maximum absolute atomic E-state index is 9.07. The SMILES string of the molecule is Cc1cc(Br)cc(-c2ocnc2CO)c1. The van der Waals surface area contributed by atoms with Gasteiger partial charge in [-0.25, -0.2) is 4.98 Å². The summed E-state index contributed by atoms with van der Waals surface area (Å²) in [4.78, 5) is 3.94. The van der Waals surface area contributed by atoms with Gasteiger partial charge in [0, 0.05) is 10.0 Å². The summed E-state index contributed by atoms with van der Waals surface area (Å²) in [6.07, 6.45) is 1.34. The van der Waals surface area contributed by atoms with Crippen LogP contribution in [0, 0.1) is 6.92 Å². The maximum Gasteiger partial charge on any atom is 0.181 e. The monoisotopic (exact) mass is 267 g/mol.